The Bertz CT molecular complexity index is 1550. The second-order valence-corrected chi connectivity index (χ2v) is 8.69. The van der Waals surface area contributed by atoms with E-state index in [2.05, 4.69) is 46.4 Å². The zero-order valence-corrected chi connectivity index (χ0v) is 20.9. The number of hydrogen-bond donors (Lipinski definition) is 1. The van der Waals surface area contributed by atoms with Gasteiger partial charge in [-0.15, -0.1) is 10.2 Å². The fourth-order valence-corrected chi connectivity index (χ4v) is 4.46. The number of ether oxygens (including phenoxy) is 1. The molecule has 0 spiro atoms. The molecule has 0 saturated carbocycles. The number of hydrogen-bond acceptors (Lipinski definition) is 5. The molecule has 0 fully saturated rings. The highest BCUT2D eigenvalue weighted by molar-refractivity contribution is 6.09. The number of methoxy groups -OCH3 is 1. The summed E-state index contributed by atoms with van der Waals surface area (Å²) in [6, 6.07) is 23.7. The Hall–Kier alpha value is -4.39. The number of carbonyl (C=O) groups excluding carboxylic acids is 1. The van der Waals surface area contributed by atoms with Crippen LogP contribution in [0.5, 0.6) is 5.75 Å². The molecule has 4 aromatic carbocycles. The van der Waals surface area contributed by atoms with Crippen molar-refractivity contribution < 1.29 is 9.53 Å². The lowest BCUT2D eigenvalue weighted by Crippen LogP contribution is -2.21. The first-order valence-corrected chi connectivity index (χ1v) is 12.1. The smallest absolute Gasteiger partial charge is 0.259 e. The van der Waals surface area contributed by atoms with Gasteiger partial charge in [0.2, 0.25) is 0 Å². The third kappa shape index (κ3) is 4.35. The lowest BCUT2D eigenvalue weighted by Gasteiger charge is -2.20. The number of nitrogens with zero attached hydrogens (tertiary/aromatic N) is 4. The average Bonchev–Trinajstić information content (AvgIpc) is 3.31. The number of aromatic nitrogens is 3. The van der Waals surface area contributed by atoms with Crippen LogP contribution in [0.3, 0.4) is 0 Å². The number of fused-ring (bicyclic) bond motifs is 2. The van der Waals surface area contributed by atoms with E-state index in [9.17, 15) is 4.79 Å². The molecule has 7 nitrogen and oxygen atoms in total. The fourth-order valence-electron chi connectivity index (χ4n) is 4.46. The Balaban J connectivity index is 1.44. The minimum Gasteiger partial charge on any atom is -0.496 e. The van der Waals surface area contributed by atoms with Crippen molar-refractivity contribution in [2.75, 3.05) is 30.4 Å². The maximum Gasteiger partial charge on any atom is 0.259 e. The van der Waals surface area contributed by atoms with Crippen LogP contribution in [-0.2, 0) is 0 Å². The maximum absolute atomic E-state index is 13.3. The summed E-state index contributed by atoms with van der Waals surface area (Å²) in [5.41, 5.74) is 5.59. The van der Waals surface area contributed by atoms with Crippen molar-refractivity contribution in [3.63, 3.8) is 0 Å². The van der Waals surface area contributed by atoms with Crippen molar-refractivity contribution in [3.8, 4) is 11.4 Å². The number of amides is 1. The van der Waals surface area contributed by atoms with Gasteiger partial charge in [0, 0.05) is 24.5 Å². The summed E-state index contributed by atoms with van der Waals surface area (Å²) in [4.78, 5) is 17.2. The molecule has 0 saturated heterocycles. The van der Waals surface area contributed by atoms with Crippen LogP contribution in [0.2, 0.25) is 0 Å². The number of anilines is 2. The molecule has 36 heavy (non-hydrogen) atoms. The highest BCUT2D eigenvalue weighted by atomic mass is 16.5. The van der Waals surface area contributed by atoms with Crippen LogP contribution in [0.1, 0.15) is 29.8 Å². The van der Waals surface area contributed by atoms with Gasteiger partial charge in [0.05, 0.1) is 18.4 Å². The van der Waals surface area contributed by atoms with E-state index < -0.39 is 0 Å². The predicted octanol–water partition coefficient (Wildman–Crippen LogP) is 5.99. The summed E-state index contributed by atoms with van der Waals surface area (Å²) < 4.78 is 5.51. The zero-order chi connectivity index (χ0) is 25.2. The molecule has 1 aromatic heterocycles. The van der Waals surface area contributed by atoms with Crippen molar-refractivity contribution in [3.05, 3.63) is 83.9 Å². The van der Waals surface area contributed by atoms with Gasteiger partial charge < -0.3 is 15.0 Å². The van der Waals surface area contributed by atoms with Gasteiger partial charge in [-0.05, 0) is 85.6 Å². The third-order valence-electron chi connectivity index (χ3n) is 6.50. The first-order chi connectivity index (χ1) is 17.5. The van der Waals surface area contributed by atoms with E-state index in [4.69, 9.17) is 4.74 Å². The number of carbonyl (C=O) groups is 1. The topological polar surface area (TPSA) is 72.3 Å². The molecule has 1 N–H and O–H groups in total. The summed E-state index contributed by atoms with van der Waals surface area (Å²) in [5.74, 6) is 0.295. The van der Waals surface area contributed by atoms with Crippen LogP contribution in [0, 0.1) is 6.92 Å². The molecule has 5 aromatic rings. The molecular formula is C29H29N5O2. The Morgan fingerprint density at radius 3 is 2.19 bits per heavy atom. The molecule has 0 aliphatic carbocycles. The number of nitrogens with one attached hydrogen (secondary N) is 1. The number of aryl methyl sites for hydroxylation is 1. The van der Waals surface area contributed by atoms with Crippen LogP contribution in [0.4, 0.5) is 11.4 Å². The first kappa shape index (κ1) is 23.4. The molecule has 0 radical (unpaired) electrons. The van der Waals surface area contributed by atoms with E-state index in [1.807, 2.05) is 67.6 Å². The van der Waals surface area contributed by atoms with Crippen LogP contribution >= 0.6 is 0 Å². The summed E-state index contributed by atoms with van der Waals surface area (Å²) in [6.07, 6.45) is 0. The monoisotopic (exact) mass is 479 g/mol. The molecule has 182 valence electrons. The molecule has 5 rings (SSSR count). The van der Waals surface area contributed by atoms with Crippen molar-refractivity contribution in [1.82, 2.24) is 15.0 Å². The van der Waals surface area contributed by atoms with Crippen molar-refractivity contribution >= 4 is 39.1 Å². The van der Waals surface area contributed by atoms with Crippen molar-refractivity contribution in [1.29, 1.82) is 0 Å². The highest BCUT2D eigenvalue weighted by Crippen LogP contribution is 2.28. The molecule has 0 aliphatic heterocycles. The average molecular weight is 480 g/mol. The molecule has 0 unspecified atom stereocenters. The van der Waals surface area contributed by atoms with Gasteiger partial charge >= 0.3 is 0 Å². The number of rotatable bonds is 7. The summed E-state index contributed by atoms with van der Waals surface area (Å²) >= 11 is 0. The first-order valence-electron chi connectivity index (χ1n) is 12.1. The molecule has 1 amide bonds. The second-order valence-electron chi connectivity index (χ2n) is 8.69. The predicted molar refractivity (Wildman–Crippen MR) is 146 cm³/mol. The maximum atomic E-state index is 13.3. The largest absolute Gasteiger partial charge is 0.496 e. The minimum absolute atomic E-state index is 0.237. The minimum atomic E-state index is -0.237. The van der Waals surface area contributed by atoms with Gasteiger partial charge in [-0.3, -0.25) is 4.79 Å². The second kappa shape index (κ2) is 9.70. The summed E-state index contributed by atoms with van der Waals surface area (Å²) in [7, 11) is 1.57. The highest BCUT2D eigenvalue weighted by Gasteiger charge is 2.16. The van der Waals surface area contributed by atoms with Gasteiger partial charge in [-0.1, -0.05) is 24.3 Å². The Labute approximate surface area is 210 Å². The van der Waals surface area contributed by atoms with Crippen LogP contribution in [0.15, 0.2) is 72.8 Å². The molecular weight excluding hydrogens is 450 g/mol. The fraction of sp³-hybridized carbons (Fsp3) is 0.207. The van der Waals surface area contributed by atoms with Crippen LogP contribution in [-0.4, -0.2) is 41.1 Å². The Morgan fingerprint density at radius 1 is 0.917 bits per heavy atom. The number of benzene rings is 4. The van der Waals surface area contributed by atoms with Gasteiger partial charge in [-0.25, -0.2) is 0 Å². The molecule has 0 atom stereocenters. The summed E-state index contributed by atoms with van der Waals surface area (Å²) in [6.45, 7) is 8.16. The molecule has 1 heterocycles. The summed E-state index contributed by atoms with van der Waals surface area (Å²) in [5, 5.41) is 14.4. The van der Waals surface area contributed by atoms with Gasteiger partial charge in [0.15, 0.2) is 0 Å². The molecule has 7 heteroatoms. The van der Waals surface area contributed by atoms with Crippen molar-refractivity contribution in [2.24, 2.45) is 0 Å². The van der Waals surface area contributed by atoms with Crippen molar-refractivity contribution in [2.45, 2.75) is 20.8 Å². The van der Waals surface area contributed by atoms with Gasteiger partial charge in [0.25, 0.3) is 5.91 Å². The zero-order valence-electron chi connectivity index (χ0n) is 20.9. The Morgan fingerprint density at radius 2 is 1.56 bits per heavy atom. The van der Waals surface area contributed by atoms with Gasteiger partial charge in [0.1, 0.15) is 16.8 Å². The van der Waals surface area contributed by atoms with Crippen LogP contribution in [0.25, 0.3) is 27.5 Å². The normalized spacial score (nSPS) is 11.1. The lowest BCUT2D eigenvalue weighted by atomic mass is 10.0. The van der Waals surface area contributed by atoms with E-state index in [1.165, 1.54) is 5.69 Å². The van der Waals surface area contributed by atoms with E-state index in [1.54, 1.807) is 11.9 Å². The van der Waals surface area contributed by atoms with E-state index >= 15 is 0 Å². The lowest BCUT2D eigenvalue weighted by molar-refractivity contribution is 0.102. The SMILES string of the molecule is CCN(CC)c1ccc(-n2nc3cc(C)c(NC(=O)c4cc5ccccc5cc4OC)cc3n2)cc1. The quantitative estimate of drug-likeness (QED) is 0.310. The van der Waals surface area contributed by atoms with Crippen LogP contribution < -0.4 is 15.0 Å². The van der Waals surface area contributed by atoms with Gasteiger partial charge in [-0.2, -0.15) is 4.80 Å². The molecule has 0 bridgehead atoms. The van der Waals surface area contributed by atoms with E-state index in [0.29, 0.717) is 22.5 Å². The van der Waals surface area contributed by atoms with E-state index in [-0.39, 0.29) is 5.91 Å². The van der Waals surface area contributed by atoms with E-state index in [0.717, 1.165) is 40.6 Å². The third-order valence-corrected chi connectivity index (χ3v) is 6.50. The standard InChI is InChI=1S/C29H29N5O2/c1-5-33(6-2)22-11-13-23(14-12-22)34-31-26-15-19(3)25(18-27(26)32-34)30-29(35)24-16-20-9-7-8-10-21(20)17-28(24)36-4/h7-18H,5-6H2,1-4H3,(H,30,35). The molecule has 0 aliphatic rings. The Kier molecular flexibility index (Phi) is 6.29.